The Labute approximate surface area is 272 Å². The Morgan fingerprint density at radius 2 is 1.31 bits per heavy atom. The third kappa shape index (κ3) is 6.59. The minimum Gasteiger partial charge on any atom is -0.375 e. The summed E-state index contributed by atoms with van der Waals surface area (Å²) in [6.07, 6.45) is 3.71. The highest BCUT2D eigenvalue weighted by Gasteiger charge is 2.45. The standard InChI is InChI=1S/C38H42N6S/c1-29(2)26-40-37(45)44-24-22-43(23-25-44)34-20-18-33(19-21-34)42-36(35-27-39-28-41-35)38(30-12-6-3-7-13-30,31-14-8-4-9-15-31)32-16-10-5-11-17-32/h3-21,27-29,36,42H,22-26H2,1-2H3,(H,39,41)(H,40,45). The number of rotatable bonds is 10. The molecule has 0 spiro atoms. The number of H-pyrrole nitrogens is 1. The summed E-state index contributed by atoms with van der Waals surface area (Å²) in [6, 6.07) is 41.1. The molecule has 7 heteroatoms. The Hall–Kier alpha value is -4.62. The van der Waals surface area contributed by atoms with Crippen molar-refractivity contribution in [2.45, 2.75) is 25.3 Å². The highest BCUT2D eigenvalue weighted by atomic mass is 32.1. The fourth-order valence-electron chi connectivity index (χ4n) is 6.45. The molecular formula is C38H42N6S. The van der Waals surface area contributed by atoms with E-state index < -0.39 is 5.41 Å². The smallest absolute Gasteiger partial charge is 0.169 e. The summed E-state index contributed by atoms with van der Waals surface area (Å²) in [4.78, 5) is 12.7. The van der Waals surface area contributed by atoms with Crippen molar-refractivity contribution in [3.05, 3.63) is 150 Å². The molecule has 3 N–H and O–H groups in total. The molecule has 1 atom stereocenters. The van der Waals surface area contributed by atoms with Gasteiger partial charge in [0.15, 0.2) is 5.11 Å². The molecule has 1 fully saturated rings. The second-order valence-corrected chi connectivity index (χ2v) is 12.5. The molecule has 4 aromatic carbocycles. The fourth-order valence-corrected chi connectivity index (χ4v) is 6.72. The monoisotopic (exact) mass is 614 g/mol. The lowest BCUT2D eigenvalue weighted by Crippen LogP contribution is -2.52. The van der Waals surface area contributed by atoms with Crippen molar-refractivity contribution < 1.29 is 0 Å². The number of hydrogen-bond acceptors (Lipinski definition) is 4. The van der Waals surface area contributed by atoms with Gasteiger partial charge in [-0.2, -0.15) is 0 Å². The predicted molar refractivity (Wildman–Crippen MR) is 190 cm³/mol. The summed E-state index contributed by atoms with van der Waals surface area (Å²) >= 11 is 5.66. The van der Waals surface area contributed by atoms with Crippen molar-refractivity contribution in [1.82, 2.24) is 20.2 Å². The van der Waals surface area contributed by atoms with Crippen LogP contribution in [0.25, 0.3) is 0 Å². The van der Waals surface area contributed by atoms with E-state index in [-0.39, 0.29) is 6.04 Å². The third-order valence-corrected chi connectivity index (χ3v) is 9.13. The van der Waals surface area contributed by atoms with E-state index in [9.17, 15) is 0 Å². The van der Waals surface area contributed by atoms with Crippen LogP contribution in [0, 0.1) is 5.92 Å². The van der Waals surface area contributed by atoms with Crippen molar-refractivity contribution >= 4 is 28.7 Å². The van der Waals surface area contributed by atoms with E-state index >= 15 is 0 Å². The molecule has 45 heavy (non-hydrogen) atoms. The van der Waals surface area contributed by atoms with Crippen molar-refractivity contribution in [2.75, 3.05) is 42.9 Å². The predicted octanol–water partition coefficient (Wildman–Crippen LogP) is 7.25. The maximum absolute atomic E-state index is 5.66. The molecular weight excluding hydrogens is 573 g/mol. The average Bonchev–Trinajstić information content (AvgIpc) is 3.64. The van der Waals surface area contributed by atoms with Gasteiger partial charge in [0, 0.05) is 44.1 Å². The molecule has 5 aromatic rings. The van der Waals surface area contributed by atoms with Crippen LogP contribution in [0.2, 0.25) is 0 Å². The van der Waals surface area contributed by atoms with Crippen LogP contribution in [-0.4, -0.2) is 52.7 Å². The van der Waals surface area contributed by atoms with Gasteiger partial charge >= 0.3 is 0 Å². The van der Waals surface area contributed by atoms with Gasteiger partial charge in [-0.1, -0.05) is 105 Å². The largest absolute Gasteiger partial charge is 0.375 e. The lowest BCUT2D eigenvalue weighted by molar-refractivity contribution is 0.378. The summed E-state index contributed by atoms with van der Waals surface area (Å²) in [5.41, 5.74) is 6.31. The number of imidazole rings is 1. The Morgan fingerprint density at radius 1 is 0.778 bits per heavy atom. The zero-order chi connectivity index (χ0) is 31.1. The van der Waals surface area contributed by atoms with Crippen LogP contribution < -0.4 is 15.5 Å². The Morgan fingerprint density at radius 3 is 1.78 bits per heavy atom. The first-order chi connectivity index (χ1) is 22.1. The highest BCUT2D eigenvalue weighted by molar-refractivity contribution is 7.80. The summed E-state index contributed by atoms with van der Waals surface area (Å²) in [5, 5.41) is 8.25. The van der Waals surface area contributed by atoms with Crippen molar-refractivity contribution in [2.24, 2.45) is 5.92 Å². The van der Waals surface area contributed by atoms with E-state index in [1.54, 1.807) is 6.33 Å². The van der Waals surface area contributed by atoms with Gasteiger partial charge in [0.2, 0.25) is 0 Å². The lowest BCUT2D eigenvalue weighted by atomic mass is 9.63. The van der Waals surface area contributed by atoms with E-state index in [1.165, 1.54) is 22.4 Å². The van der Waals surface area contributed by atoms with Crippen LogP contribution in [0.15, 0.2) is 128 Å². The number of thiocarbonyl (C=S) groups is 1. The van der Waals surface area contributed by atoms with Crippen molar-refractivity contribution in [1.29, 1.82) is 0 Å². The first-order valence-electron chi connectivity index (χ1n) is 15.8. The number of aromatic nitrogens is 2. The topological polar surface area (TPSA) is 59.2 Å². The summed E-state index contributed by atoms with van der Waals surface area (Å²) in [6.45, 7) is 9.02. The van der Waals surface area contributed by atoms with Gasteiger partial charge in [-0.3, -0.25) is 0 Å². The Kier molecular flexibility index (Phi) is 9.46. The van der Waals surface area contributed by atoms with Gasteiger partial charge in [-0.05, 0) is 59.1 Å². The molecule has 230 valence electrons. The van der Waals surface area contributed by atoms with Gasteiger partial charge in [0.05, 0.1) is 29.7 Å². The second-order valence-electron chi connectivity index (χ2n) is 12.1. The van der Waals surface area contributed by atoms with Gasteiger partial charge in [0.1, 0.15) is 0 Å². The number of hydrogen-bond donors (Lipinski definition) is 3. The van der Waals surface area contributed by atoms with Crippen molar-refractivity contribution in [3.8, 4) is 0 Å². The highest BCUT2D eigenvalue weighted by Crippen LogP contribution is 2.49. The van der Waals surface area contributed by atoms with Gasteiger partial charge in [0.25, 0.3) is 0 Å². The van der Waals surface area contributed by atoms with Crippen LogP contribution in [0.4, 0.5) is 11.4 Å². The van der Waals surface area contributed by atoms with Crippen LogP contribution in [0.3, 0.4) is 0 Å². The lowest BCUT2D eigenvalue weighted by Gasteiger charge is -2.43. The summed E-state index contributed by atoms with van der Waals surface area (Å²) in [5.74, 6) is 0.572. The number of nitrogens with zero attached hydrogens (tertiary/aromatic N) is 3. The minimum atomic E-state index is -0.562. The van der Waals surface area contributed by atoms with Crippen molar-refractivity contribution in [3.63, 3.8) is 0 Å². The van der Waals surface area contributed by atoms with Crippen LogP contribution >= 0.6 is 12.2 Å². The van der Waals surface area contributed by atoms with E-state index in [4.69, 9.17) is 12.2 Å². The fraction of sp³-hybridized carbons (Fsp3) is 0.263. The molecule has 1 unspecified atom stereocenters. The number of aromatic amines is 1. The second kappa shape index (κ2) is 14.0. The molecule has 0 radical (unpaired) electrons. The zero-order valence-electron chi connectivity index (χ0n) is 26.1. The normalized spacial score (nSPS) is 14.3. The van der Waals surface area contributed by atoms with Crippen LogP contribution in [-0.2, 0) is 5.41 Å². The molecule has 1 saturated heterocycles. The van der Waals surface area contributed by atoms with Crippen LogP contribution in [0.1, 0.15) is 42.3 Å². The number of anilines is 2. The molecule has 6 rings (SSSR count). The molecule has 6 nitrogen and oxygen atoms in total. The molecule has 1 aliphatic heterocycles. The number of benzene rings is 4. The van der Waals surface area contributed by atoms with Gasteiger partial charge < -0.3 is 25.4 Å². The van der Waals surface area contributed by atoms with Gasteiger partial charge in [-0.15, -0.1) is 0 Å². The Bertz CT molecular complexity index is 1520. The SMILES string of the molecule is CC(C)CNC(=S)N1CCN(c2ccc(NC(c3cnc[nH]3)C(c3ccccc3)(c3ccccc3)c3ccccc3)cc2)CC1. The molecule has 2 heterocycles. The molecule has 0 bridgehead atoms. The van der Waals surface area contributed by atoms with E-state index in [1.807, 2.05) is 6.20 Å². The zero-order valence-corrected chi connectivity index (χ0v) is 26.9. The third-order valence-electron chi connectivity index (χ3n) is 8.72. The molecule has 1 aromatic heterocycles. The minimum absolute atomic E-state index is 0.194. The quantitative estimate of drug-likeness (QED) is 0.114. The van der Waals surface area contributed by atoms with Gasteiger partial charge in [-0.25, -0.2) is 4.98 Å². The maximum Gasteiger partial charge on any atom is 0.169 e. The van der Waals surface area contributed by atoms with E-state index in [0.717, 1.165) is 49.2 Å². The average molecular weight is 615 g/mol. The molecule has 1 aliphatic rings. The van der Waals surface area contributed by atoms with Crippen LogP contribution in [0.5, 0.6) is 0 Å². The van der Waals surface area contributed by atoms with E-state index in [0.29, 0.717) is 5.92 Å². The van der Waals surface area contributed by atoms with E-state index in [2.05, 4.69) is 160 Å². The molecule has 0 saturated carbocycles. The first-order valence-corrected chi connectivity index (χ1v) is 16.3. The first kappa shape index (κ1) is 30.4. The maximum atomic E-state index is 5.66. The molecule has 0 aliphatic carbocycles. The Balaban J connectivity index is 1.32. The summed E-state index contributed by atoms with van der Waals surface area (Å²) in [7, 11) is 0. The molecule has 0 amide bonds. The number of piperazine rings is 1. The number of nitrogens with one attached hydrogen (secondary N) is 3. The summed E-state index contributed by atoms with van der Waals surface area (Å²) < 4.78 is 0.